The molecule has 0 aliphatic rings. The lowest BCUT2D eigenvalue weighted by atomic mass is 10.2. The van der Waals surface area contributed by atoms with Crippen LogP contribution >= 0.6 is 34.7 Å². The van der Waals surface area contributed by atoms with Crippen LogP contribution in [0.5, 0.6) is 5.75 Å². The number of aromatic nitrogens is 6. The predicted molar refractivity (Wildman–Crippen MR) is 168 cm³/mol. The van der Waals surface area contributed by atoms with Gasteiger partial charge in [-0.15, -0.1) is 21.5 Å². The molecule has 0 aliphatic heterocycles. The largest absolute Gasteiger partial charge is 0.495 e. The number of nitrogens with zero attached hydrogens (tertiary/aromatic N) is 5. The molecule has 0 unspecified atom stereocenters. The number of nitrogens with one attached hydrogen (secondary N) is 1. The van der Waals surface area contributed by atoms with E-state index in [0.717, 1.165) is 16.0 Å². The number of methoxy groups -OCH3 is 1. The van der Waals surface area contributed by atoms with E-state index in [1.807, 2.05) is 78.1 Å². The summed E-state index contributed by atoms with van der Waals surface area (Å²) < 4.78 is 9.53. The van der Waals surface area contributed by atoms with E-state index in [9.17, 15) is 9.59 Å². The van der Waals surface area contributed by atoms with Crippen LogP contribution in [0.3, 0.4) is 0 Å². The standard InChI is InChI=1S/C30H21ClN6O3S2/c1-16-7-12-23(40-2)22(13-16)36-28(39)19-5-3-4-6-21(19)37-29(36)34-35-30(37)41-15-25-32-20-14-24(42-26(20)27(38)33-25)17-8-10-18(31)11-9-17/h3-14H,15H2,1-2H3,(H,32,33,38). The third kappa shape index (κ3) is 4.46. The molecule has 0 saturated heterocycles. The van der Waals surface area contributed by atoms with E-state index in [-0.39, 0.29) is 11.1 Å². The minimum absolute atomic E-state index is 0.197. The molecular weight excluding hydrogens is 592 g/mol. The fourth-order valence-corrected chi connectivity index (χ4v) is 6.84. The summed E-state index contributed by atoms with van der Waals surface area (Å²) in [6.45, 7) is 1.95. The molecule has 0 saturated carbocycles. The van der Waals surface area contributed by atoms with Gasteiger partial charge in [0, 0.05) is 9.90 Å². The number of thiophene rings is 1. The number of aromatic amines is 1. The minimum atomic E-state index is -0.226. The highest BCUT2D eigenvalue weighted by Gasteiger charge is 2.20. The Balaban J connectivity index is 1.31. The maximum atomic E-state index is 13.8. The van der Waals surface area contributed by atoms with Gasteiger partial charge in [-0.2, -0.15) is 0 Å². The van der Waals surface area contributed by atoms with Crippen molar-refractivity contribution < 1.29 is 4.74 Å². The number of hydrogen-bond acceptors (Lipinski definition) is 8. The quantitative estimate of drug-likeness (QED) is 0.221. The van der Waals surface area contributed by atoms with Gasteiger partial charge in [-0.3, -0.25) is 14.0 Å². The number of benzene rings is 3. The van der Waals surface area contributed by atoms with Gasteiger partial charge in [0.05, 0.1) is 35.0 Å². The van der Waals surface area contributed by atoms with Crippen LogP contribution in [0.25, 0.3) is 43.0 Å². The molecule has 1 N–H and O–H groups in total. The molecule has 208 valence electrons. The molecule has 0 amide bonds. The Kier molecular flexibility index (Phi) is 6.57. The van der Waals surface area contributed by atoms with Gasteiger partial charge in [0.15, 0.2) is 5.16 Å². The van der Waals surface area contributed by atoms with Crippen molar-refractivity contribution in [3.05, 3.63) is 110 Å². The fourth-order valence-electron chi connectivity index (χ4n) is 4.91. The number of rotatable bonds is 6. The maximum Gasteiger partial charge on any atom is 0.268 e. The van der Waals surface area contributed by atoms with Crippen LogP contribution in [-0.4, -0.2) is 36.2 Å². The van der Waals surface area contributed by atoms with Crippen molar-refractivity contribution >= 4 is 61.6 Å². The van der Waals surface area contributed by atoms with Crippen LogP contribution in [0.15, 0.2) is 87.5 Å². The van der Waals surface area contributed by atoms with Crippen molar-refractivity contribution in [1.29, 1.82) is 0 Å². The lowest BCUT2D eigenvalue weighted by Crippen LogP contribution is -2.22. The molecule has 0 aliphatic carbocycles. The molecular formula is C30H21ClN6O3S2. The molecule has 7 rings (SSSR count). The molecule has 3 aromatic carbocycles. The number of para-hydroxylation sites is 1. The van der Waals surface area contributed by atoms with E-state index in [1.165, 1.54) is 27.7 Å². The summed E-state index contributed by atoms with van der Waals surface area (Å²) in [6.07, 6.45) is 0. The van der Waals surface area contributed by atoms with E-state index in [4.69, 9.17) is 21.3 Å². The van der Waals surface area contributed by atoms with Gasteiger partial charge >= 0.3 is 0 Å². The SMILES string of the molecule is COc1ccc(C)cc1-n1c(=O)c2ccccc2n2c(SCc3nc4cc(-c5ccc(Cl)cc5)sc4c(=O)[nH]3)nnc12. The van der Waals surface area contributed by atoms with E-state index >= 15 is 0 Å². The molecule has 7 aromatic rings. The Morgan fingerprint density at radius 3 is 2.64 bits per heavy atom. The topological polar surface area (TPSA) is 107 Å². The zero-order valence-electron chi connectivity index (χ0n) is 22.3. The first kappa shape index (κ1) is 26.4. The van der Waals surface area contributed by atoms with Crippen LogP contribution in [0.1, 0.15) is 11.4 Å². The highest BCUT2D eigenvalue weighted by Crippen LogP contribution is 2.32. The normalized spacial score (nSPS) is 11.6. The van der Waals surface area contributed by atoms with Gasteiger partial charge in [0.1, 0.15) is 16.3 Å². The zero-order valence-corrected chi connectivity index (χ0v) is 24.7. The van der Waals surface area contributed by atoms with Crippen molar-refractivity contribution in [3.8, 4) is 21.9 Å². The summed E-state index contributed by atoms with van der Waals surface area (Å²) in [6, 6.07) is 22.4. The molecule has 0 atom stereocenters. The number of fused-ring (bicyclic) bond motifs is 4. The number of halogens is 1. The van der Waals surface area contributed by atoms with Crippen LogP contribution < -0.4 is 15.9 Å². The third-order valence-corrected chi connectivity index (χ3v) is 9.23. The summed E-state index contributed by atoms with van der Waals surface area (Å²) >= 11 is 8.80. The number of H-pyrrole nitrogens is 1. The van der Waals surface area contributed by atoms with Crippen LogP contribution in [0, 0.1) is 6.92 Å². The first-order chi connectivity index (χ1) is 20.4. The molecule has 4 aromatic heterocycles. The Bertz CT molecular complexity index is 2270. The Labute approximate surface area is 251 Å². The van der Waals surface area contributed by atoms with Gasteiger partial charge in [0.2, 0.25) is 5.78 Å². The van der Waals surface area contributed by atoms with E-state index in [0.29, 0.717) is 60.1 Å². The first-order valence-electron chi connectivity index (χ1n) is 12.9. The average Bonchev–Trinajstić information content (AvgIpc) is 3.62. The summed E-state index contributed by atoms with van der Waals surface area (Å²) in [5, 5.41) is 10.6. The van der Waals surface area contributed by atoms with E-state index in [1.54, 1.807) is 13.2 Å². The fraction of sp³-hybridized carbons (Fsp3) is 0.100. The van der Waals surface area contributed by atoms with Crippen molar-refractivity contribution in [3.63, 3.8) is 0 Å². The Morgan fingerprint density at radius 1 is 1.02 bits per heavy atom. The smallest absolute Gasteiger partial charge is 0.268 e. The lowest BCUT2D eigenvalue weighted by molar-refractivity contribution is 0.412. The van der Waals surface area contributed by atoms with Crippen LogP contribution in [-0.2, 0) is 5.75 Å². The average molecular weight is 613 g/mol. The van der Waals surface area contributed by atoms with Gasteiger partial charge < -0.3 is 9.72 Å². The maximum absolute atomic E-state index is 13.8. The molecule has 12 heteroatoms. The highest BCUT2D eigenvalue weighted by atomic mass is 35.5. The first-order valence-corrected chi connectivity index (χ1v) is 15.0. The lowest BCUT2D eigenvalue weighted by Gasteiger charge is -2.14. The number of thioether (sulfide) groups is 1. The predicted octanol–water partition coefficient (Wildman–Crippen LogP) is 6.26. The van der Waals surface area contributed by atoms with Crippen molar-refractivity contribution in [2.24, 2.45) is 0 Å². The summed E-state index contributed by atoms with van der Waals surface area (Å²) in [5.41, 5.74) is 3.39. The molecule has 0 spiro atoms. The second-order valence-electron chi connectivity index (χ2n) is 9.58. The zero-order chi connectivity index (χ0) is 29.0. The molecule has 0 radical (unpaired) electrons. The molecule has 42 heavy (non-hydrogen) atoms. The number of aryl methyl sites for hydroxylation is 1. The second kappa shape index (κ2) is 10.4. The molecule has 9 nitrogen and oxygen atoms in total. The summed E-state index contributed by atoms with van der Waals surface area (Å²) in [7, 11) is 1.57. The Morgan fingerprint density at radius 2 is 1.83 bits per heavy atom. The number of ether oxygens (including phenoxy) is 1. The van der Waals surface area contributed by atoms with Crippen LogP contribution in [0.4, 0.5) is 0 Å². The van der Waals surface area contributed by atoms with E-state index in [2.05, 4.69) is 15.2 Å². The molecule has 4 heterocycles. The van der Waals surface area contributed by atoms with Crippen molar-refractivity contribution in [1.82, 2.24) is 29.1 Å². The number of hydrogen-bond donors (Lipinski definition) is 1. The summed E-state index contributed by atoms with van der Waals surface area (Å²) in [4.78, 5) is 35.3. The van der Waals surface area contributed by atoms with Crippen molar-refractivity contribution in [2.45, 2.75) is 17.8 Å². The van der Waals surface area contributed by atoms with Gasteiger partial charge in [-0.05, 0) is 60.5 Å². The van der Waals surface area contributed by atoms with Gasteiger partial charge in [-0.1, -0.05) is 53.7 Å². The van der Waals surface area contributed by atoms with Crippen LogP contribution in [0.2, 0.25) is 5.02 Å². The second-order valence-corrected chi connectivity index (χ2v) is 12.0. The molecule has 0 bridgehead atoms. The van der Waals surface area contributed by atoms with E-state index < -0.39 is 0 Å². The molecule has 0 fully saturated rings. The Hall–Kier alpha value is -4.45. The monoisotopic (exact) mass is 612 g/mol. The highest BCUT2D eigenvalue weighted by molar-refractivity contribution is 7.98. The minimum Gasteiger partial charge on any atom is -0.495 e. The third-order valence-electron chi connectivity index (χ3n) is 6.87. The van der Waals surface area contributed by atoms with Gasteiger partial charge in [0.25, 0.3) is 11.1 Å². The summed E-state index contributed by atoms with van der Waals surface area (Å²) in [5.74, 6) is 1.74. The van der Waals surface area contributed by atoms with Gasteiger partial charge in [-0.25, -0.2) is 9.55 Å². The van der Waals surface area contributed by atoms with Crippen molar-refractivity contribution in [2.75, 3.05) is 7.11 Å².